The van der Waals surface area contributed by atoms with E-state index in [1.807, 2.05) is 0 Å². The molecule has 0 atom stereocenters. The van der Waals surface area contributed by atoms with Crippen molar-refractivity contribution in [3.8, 4) is 11.3 Å². The van der Waals surface area contributed by atoms with Gasteiger partial charge in [0, 0.05) is 36.6 Å². The highest BCUT2D eigenvalue weighted by Gasteiger charge is 2.23. The maximum absolute atomic E-state index is 14.7. The van der Waals surface area contributed by atoms with E-state index in [1.165, 1.54) is 6.07 Å². The van der Waals surface area contributed by atoms with Crippen LogP contribution in [0.15, 0.2) is 29.1 Å². The van der Waals surface area contributed by atoms with Gasteiger partial charge >= 0.3 is 0 Å². The molecule has 1 fully saturated rings. The van der Waals surface area contributed by atoms with Gasteiger partial charge in [-0.3, -0.25) is 9.36 Å². The molecular weight excluding hydrogens is 383 g/mol. The Labute approximate surface area is 165 Å². The van der Waals surface area contributed by atoms with Crippen molar-refractivity contribution in [1.82, 2.24) is 14.5 Å². The number of fused-ring (bicyclic) bond motifs is 2. The van der Waals surface area contributed by atoms with Crippen LogP contribution in [0.25, 0.3) is 22.2 Å². The number of aromatic nitrogens is 3. The number of hydrogen-bond donors (Lipinski definition) is 0. The number of morpholine rings is 1. The molecule has 0 bridgehead atoms. The highest BCUT2D eigenvalue weighted by Crippen LogP contribution is 2.32. The van der Waals surface area contributed by atoms with E-state index in [1.54, 1.807) is 22.8 Å². The molecule has 5 rings (SSSR count). The summed E-state index contributed by atoms with van der Waals surface area (Å²) >= 11 is 5.93. The van der Waals surface area contributed by atoms with E-state index in [-0.39, 0.29) is 5.56 Å². The molecule has 0 radical (unpaired) electrons. The fraction of sp³-hybridized carbons (Fsp3) is 0.350. The normalized spacial score (nSPS) is 16.6. The van der Waals surface area contributed by atoms with Gasteiger partial charge in [0.2, 0.25) is 0 Å². The summed E-state index contributed by atoms with van der Waals surface area (Å²) in [6, 6.07) is 6.25. The van der Waals surface area contributed by atoms with E-state index in [0.29, 0.717) is 65.8 Å². The minimum atomic E-state index is -0.483. The van der Waals surface area contributed by atoms with Crippen LogP contribution < -0.4 is 10.5 Å². The van der Waals surface area contributed by atoms with Crippen LogP contribution in [0.1, 0.15) is 12.2 Å². The fourth-order valence-electron chi connectivity index (χ4n) is 3.89. The molecule has 4 heterocycles. The number of rotatable bonds is 2. The first kappa shape index (κ1) is 17.6. The summed E-state index contributed by atoms with van der Waals surface area (Å²) in [4.78, 5) is 24.6. The lowest BCUT2D eigenvalue weighted by atomic mass is 10.1. The van der Waals surface area contributed by atoms with Gasteiger partial charge in [0.15, 0.2) is 0 Å². The average Bonchev–Trinajstić information content (AvgIpc) is 3.18. The van der Waals surface area contributed by atoms with Gasteiger partial charge in [0.05, 0.1) is 18.6 Å². The van der Waals surface area contributed by atoms with Crippen LogP contribution in [-0.4, -0.2) is 40.8 Å². The van der Waals surface area contributed by atoms with Crippen LogP contribution in [0.4, 0.5) is 10.2 Å². The molecule has 0 spiro atoms. The summed E-state index contributed by atoms with van der Waals surface area (Å²) in [6.07, 6.45) is 1.62. The third-order valence-electron chi connectivity index (χ3n) is 5.31. The van der Waals surface area contributed by atoms with Crippen LogP contribution in [0.2, 0.25) is 5.02 Å². The van der Waals surface area contributed by atoms with E-state index in [2.05, 4.69) is 4.90 Å². The Morgan fingerprint density at radius 3 is 2.71 bits per heavy atom. The number of hydrogen-bond acceptors (Lipinski definition) is 5. The van der Waals surface area contributed by atoms with Gasteiger partial charge in [-0.1, -0.05) is 11.6 Å². The molecule has 0 N–H and O–H groups in total. The second-order valence-electron chi connectivity index (χ2n) is 7.04. The Kier molecular flexibility index (Phi) is 4.29. The Morgan fingerprint density at radius 2 is 1.93 bits per heavy atom. The summed E-state index contributed by atoms with van der Waals surface area (Å²) < 4.78 is 21.9. The highest BCUT2D eigenvalue weighted by atomic mass is 35.5. The fourth-order valence-corrected chi connectivity index (χ4v) is 4.05. The smallest absolute Gasteiger partial charge is 0.261 e. The lowest BCUT2D eigenvalue weighted by Gasteiger charge is -2.28. The second-order valence-corrected chi connectivity index (χ2v) is 7.47. The van der Waals surface area contributed by atoms with Crippen molar-refractivity contribution in [3.63, 3.8) is 0 Å². The maximum atomic E-state index is 14.7. The number of anilines is 1. The third-order valence-corrected chi connectivity index (χ3v) is 5.55. The van der Waals surface area contributed by atoms with E-state index < -0.39 is 5.82 Å². The SMILES string of the molecule is O=c1c2cc(N3CCOCC3)nc(-c3ccc(Cl)cc3F)c2nc2n1CCC2. The maximum Gasteiger partial charge on any atom is 0.261 e. The van der Waals surface area contributed by atoms with E-state index in [4.69, 9.17) is 26.3 Å². The molecule has 6 nitrogen and oxygen atoms in total. The second kappa shape index (κ2) is 6.83. The topological polar surface area (TPSA) is 60.3 Å². The first-order valence-corrected chi connectivity index (χ1v) is 9.72. The Bertz CT molecular complexity index is 1140. The van der Waals surface area contributed by atoms with Crippen molar-refractivity contribution in [2.45, 2.75) is 19.4 Å². The predicted molar refractivity (Wildman–Crippen MR) is 106 cm³/mol. The molecule has 1 aromatic carbocycles. The van der Waals surface area contributed by atoms with Crippen LogP contribution in [0.3, 0.4) is 0 Å². The van der Waals surface area contributed by atoms with Gasteiger partial charge in [-0.15, -0.1) is 0 Å². The first-order chi connectivity index (χ1) is 13.6. The zero-order chi connectivity index (χ0) is 19.3. The van der Waals surface area contributed by atoms with Gasteiger partial charge in [-0.25, -0.2) is 14.4 Å². The zero-order valence-electron chi connectivity index (χ0n) is 15.1. The van der Waals surface area contributed by atoms with Gasteiger partial charge < -0.3 is 9.64 Å². The number of aryl methyl sites for hydroxylation is 1. The van der Waals surface area contributed by atoms with Crippen molar-refractivity contribution in [2.75, 3.05) is 31.2 Å². The molecule has 8 heteroatoms. The summed E-state index contributed by atoms with van der Waals surface area (Å²) in [6.45, 7) is 3.18. The van der Waals surface area contributed by atoms with Gasteiger partial charge in [0.1, 0.15) is 28.7 Å². The summed E-state index contributed by atoms with van der Waals surface area (Å²) in [7, 11) is 0. The summed E-state index contributed by atoms with van der Waals surface area (Å²) in [5.74, 6) is 0.884. The molecule has 2 aliphatic heterocycles. The molecule has 0 aliphatic carbocycles. The summed E-state index contributed by atoms with van der Waals surface area (Å²) in [5, 5.41) is 0.773. The number of halogens is 2. The van der Waals surface area contributed by atoms with Crippen molar-refractivity contribution in [1.29, 1.82) is 0 Å². The van der Waals surface area contributed by atoms with Crippen LogP contribution >= 0.6 is 11.6 Å². The van der Waals surface area contributed by atoms with Gasteiger partial charge in [-0.2, -0.15) is 0 Å². The Balaban J connectivity index is 1.81. The lowest BCUT2D eigenvalue weighted by molar-refractivity contribution is 0.122. The van der Waals surface area contributed by atoms with Crippen LogP contribution in [0.5, 0.6) is 0 Å². The number of nitrogens with zero attached hydrogens (tertiary/aromatic N) is 4. The average molecular weight is 401 g/mol. The van der Waals surface area contributed by atoms with E-state index >= 15 is 0 Å². The minimum Gasteiger partial charge on any atom is -0.378 e. The predicted octanol–water partition coefficient (Wildman–Crippen LogP) is 3.03. The molecule has 2 aliphatic rings. The standard InChI is InChI=1S/C20H18ClFN4O2/c21-12-3-4-13(15(22)10-12)18-19-14(20(27)26-5-1-2-16(26)23-19)11-17(24-18)25-6-8-28-9-7-25/h3-4,10-11H,1-2,5-9H2. The first-order valence-electron chi connectivity index (χ1n) is 9.34. The quantitative estimate of drug-likeness (QED) is 0.661. The highest BCUT2D eigenvalue weighted by molar-refractivity contribution is 6.30. The summed E-state index contributed by atoms with van der Waals surface area (Å²) in [5.41, 5.74) is 1.02. The molecule has 28 heavy (non-hydrogen) atoms. The number of benzene rings is 1. The molecule has 0 amide bonds. The molecule has 3 aromatic rings. The molecule has 144 valence electrons. The molecular formula is C20H18ClFN4O2. The van der Waals surface area contributed by atoms with E-state index in [0.717, 1.165) is 18.7 Å². The molecule has 1 saturated heterocycles. The van der Waals surface area contributed by atoms with Crippen LogP contribution in [-0.2, 0) is 17.7 Å². The lowest BCUT2D eigenvalue weighted by Crippen LogP contribution is -2.37. The van der Waals surface area contributed by atoms with Crippen LogP contribution in [0, 0.1) is 5.82 Å². The van der Waals surface area contributed by atoms with E-state index in [9.17, 15) is 9.18 Å². The number of pyridine rings is 1. The minimum absolute atomic E-state index is 0.0926. The monoisotopic (exact) mass is 400 g/mol. The largest absolute Gasteiger partial charge is 0.378 e. The van der Waals surface area contributed by atoms with Crippen molar-refractivity contribution in [3.05, 3.63) is 51.3 Å². The van der Waals surface area contributed by atoms with Gasteiger partial charge in [-0.05, 0) is 30.7 Å². The number of ether oxygens (including phenoxy) is 1. The zero-order valence-corrected chi connectivity index (χ0v) is 15.9. The molecule has 0 unspecified atom stereocenters. The molecule has 2 aromatic heterocycles. The van der Waals surface area contributed by atoms with Gasteiger partial charge in [0.25, 0.3) is 5.56 Å². The van der Waals surface area contributed by atoms with Crippen molar-refractivity contribution >= 4 is 28.3 Å². The third kappa shape index (κ3) is 2.86. The Morgan fingerprint density at radius 1 is 1.11 bits per heavy atom. The van der Waals surface area contributed by atoms with Crippen molar-refractivity contribution in [2.24, 2.45) is 0 Å². The Hall–Kier alpha value is -2.51. The molecule has 0 saturated carbocycles. The van der Waals surface area contributed by atoms with Crippen molar-refractivity contribution < 1.29 is 9.13 Å².